The average molecular weight is 374 g/mol. The fraction of sp³-hybridized carbons (Fsp3) is 0.261. The largest absolute Gasteiger partial charge is 0.366 e. The Labute approximate surface area is 166 Å². The number of nitrogens with one attached hydrogen (secondary N) is 1. The van der Waals surface area contributed by atoms with Gasteiger partial charge in [-0.05, 0) is 26.3 Å². The van der Waals surface area contributed by atoms with Crippen molar-refractivity contribution in [3.63, 3.8) is 0 Å². The van der Waals surface area contributed by atoms with Crippen LogP contribution in [0, 0.1) is 6.92 Å². The number of aromatic nitrogens is 2. The maximum absolute atomic E-state index is 12.9. The Hall–Kier alpha value is -3.21. The van der Waals surface area contributed by atoms with Gasteiger partial charge in [0.1, 0.15) is 11.5 Å². The Morgan fingerprint density at radius 3 is 2.39 bits per heavy atom. The lowest BCUT2D eigenvalue weighted by Gasteiger charge is -2.19. The van der Waals surface area contributed by atoms with E-state index in [2.05, 4.69) is 40.4 Å². The van der Waals surface area contributed by atoms with E-state index in [1.165, 1.54) is 5.56 Å². The van der Waals surface area contributed by atoms with Gasteiger partial charge in [-0.1, -0.05) is 60.2 Å². The molecule has 0 saturated heterocycles. The molecule has 2 aromatic carbocycles. The Bertz CT molecular complexity index is 936. The van der Waals surface area contributed by atoms with Crippen LogP contribution in [0.15, 0.2) is 60.7 Å². The number of carbonyl (C=O) groups excluding carboxylic acids is 1. The number of hydrogen-bond donors (Lipinski definition) is 1. The highest BCUT2D eigenvalue weighted by Crippen LogP contribution is 2.19. The first-order valence-electron chi connectivity index (χ1n) is 9.64. The second-order valence-corrected chi connectivity index (χ2v) is 6.65. The van der Waals surface area contributed by atoms with Crippen LogP contribution in [0.25, 0.3) is 11.4 Å². The highest BCUT2D eigenvalue weighted by molar-refractivity contribution is 5.93. The molecular weight excluding hydrogens is 348 g/mol. The van der Waals surface area contributed by atoms with E-state index in [1.807, 2.05) is 50.2 Å². The first-order chi connectivity index (χ1) is 13.6. The second-order valence-electron chi connectivity index (χ2n) is 6.65. The molecule has 0 unspecified atom stereocenters. The standard InChI is InChI=1S/C23H26N4O/c1-4-27(5-2)23(28)20-15-21(24-16-18-11-9-10-17(3)14-18)26-22(25-20)19-12-7-6-8-13-19/h6-15H,4-5,16H2,1-3H3,(H,24,25,26). The number of nitrogens with zero attached hydrogens (tertiary/aromatic N) is 3. The summed E-state index contributed by atoms with van der Waals surface area (Å²) >= 11 is 0. The van der Waals surface area contributed by atoms with Gasteiger partial charge in [0.05, 0.1) is 0 Å². The smallest absolute Gasteiger partial charge is 0.272 e. The van der Waals surface area contributed by atoms with E-state index in [0.29, 0.717) is 37.0 Å². The molecule has 0 aliphatic carbocycles. The molecule has 1 aromatic heterocycles. The zero-order chi connectivity index (χ0) is 19.9. The highest BCUT2D eigenvalue weighted by atomic mass is 16.2. The third-order valence-electron chi connectivity index (χ3n) is 4.58. The molecule has 0 aliphatic rings. The molecule has 0 bridgehead atoms. The summed E-state index contributed by atoms with van der Waals surface area (Å²) in [7, 11) is 0. The van der Waals surface area contributed by atoms with Gasteiger partial charge in [-0.25, -0.2) is 9.97 Å². The van der Waals surface area contributed by atoms with Crippen molar-refractivity contribution in [1.82, 2.24) is 14.9 Å². The summed E-state index contributed by atoms with van der Waals surface area (Å²) in [5, 5.41) is 3.35. The van der Waals surface area contributed by atoms with Gasteiger partial charge >= 0.3 is 0 Å². The lowest BCUT2D eigenvalue weighted by Crippen LogP contribution is -2.31. The van der Waals surface area contributed by atoms with Crippen molar-refractivity contribution in [3.8, 4) is 11.4 Å². The van der Waals surface area contributed by atoms with Crippen LogP contribution in [0.5, 0.6) is 0 Å². The van der Waals surface area contributed by atoms with Gasteiger partial charge in [-0.2, -0.15) is 0 Å². The van der Waals surface area contributed by atoms with Crippen LogP contribution in [0.2, 0.25) is 0 Å². The van der Waals surface area contributed by atoms with Crippen LogP contribution in [-0.2, 0) is 6.54 Å². The number of benzene rings is 2. The Morgan fingerprint density at radius 2 is 1.71 bits per heavy atom. The monoisotopic (exact) mass is 374 g/mol. The predicted octanol–water partition coefficient (Wildman–Crippen LogP) is 4.55. The maximum Gasteiger partial charge on any atom is 0.272 e. The van der Waals surface area contributed by atoms with E-state index < -0.39 is 0 Å². The van der Waals surface area contributed by atoms with Gasteiger partial charge in [-0.3, -0.25) is 4.79 Å². The molecule has 0 fully saturated rings. The van der Waals surface area contributed by atoms with Crippen LogP contribution >= 0.6 is 0 Å². The van der Waals surface area contributed by atoms with Gasteiger partial charge in [0.2, 0.25) is 0 Å². The van der Waals surface area contributed by atoms with Gasteiger partial charge in [0.25, 0.3) is 5.91 Å². The summed E-state index contributed by atoms with van der Waals surface area (Å²) in [6.45, 7) is 7.93. The molecule has 3 aromatic rings. The molecule has 5 nitrogen and oxygen atoms in total. The van der Waals surface area contributed by atoms with Crippen LogP contribution in [0.3, 0.4) is 0 Å². The zero-order valence-electron chi connectivity index (χ0n) is 16.6. The van der Waals surface area contributed by atoms with E-state index >= 15 is 0 Å². The minimum atomic E-state index is -0.0804. The van der Waals surface area contributed by atoms with Gasteiger partial charge in [0, 0.05) is 31.3 Å². The molecule has 1 amide bonds. The highest BCUT2D eigenvalue weighted by Gasteiger charge is 2.17. The van der Waals surface area contributed by atoms with Crippen molar-refractivity contribution in [1.29, 1.82) is 0 Å². The quantitative estimate of drug-likeness (QED) is 0.659. The van der Waals surface area contributed by atoms with Gasteiger partial charge in [-0.15, -0.1) is 0 Å². The predicted molar refractivity (Wildman–Crippen MR) is 113 cm³/mol. The summed E-state index contributed by atoms with van der Waals surface area (Å²) < 4.78 is 0. The van der Waals surface area contributed by atoms with E-state index in [4.69, 9.17) is 0 Å². The third kappa shape index (κ3) is 4.74. The molecule has 144 valence electrons. The number of rotatable bonds is 7. The molecule has 0 aliphatic heterocycles. The molecule has 0 atom stereocenters. The summed E-state index contributed by atoms with van der Waals surface area (Å²) in [5.74, 6) is 1.11. The molecule has 0 radical (unpaired) electrons. The number of carbonyl (C=O) groups is 1. The molecule has 5 heteroatoms. The lowest BCUT2D eigenvalue weighted by molar-refractivity contribution is 0.0767. The SMILES string of the molecule is CCN(CC)C(=O)c1cc(NCc2cccc(C)c2)nc(-c2ccccc2)n1. The number of anilines is 1. The van der Waals surface area contributed by atoms with Crippen molar-refractivity contribution in [2.24, 2.45) is 0 Å². The lowest BCUT2D eigenvalue weighted by atomic mass is 10.1. The van der Waals surface area contributed by atoms with Crippen molar-refractivity contribution >= 4 is 11.7 Å². The first kappa shape index (κ1) is 19.5. The number of hydrogen-bond acceptors (Lipinski definition) is 4. The van der Waals surface area contributed by atoms with Gasteiger partial charge in [0.15, 0.2) is 5.82 Å². The van der Waals surface area contributed by atoms with Crippen LogP contribution in [0.4, 0.5) is 5.82 Å². The van der Waals surface area contributed by atoms with Crippen molar-refractivity contribution < 1.29 is 4.79 Å². The van der Waals surface area contributed by atoms with Crippen molar-refractivity contribution in [2.45, 2.75) is 27.3 Å². The van der Waals surface area contributed by atoms with Crippen LogP contribution in [0.1, 0.15) is 35.5 Å². The topological polar surface area (TPSA) is 58.1 Å². The second kappa shape index (κ2) is 9.13. The van der Waals surface area contributed by atoms with E-state index in [-0.39, 0.29) is 5.91 Å². The fourth-order valence-electron chi connectivity index (χ4n) is 3.05. The zero-order valence-corrected chi connectivity index (χ0v) is 16.6. The molecule has 0 spiro atoms. The van der Waals surface area contributed by atoms with Crippen LogP contribution < -0.4 is 5.32 Å². The Kier molecular flexibility index (Phi) is 6.37. The normalized spacial score (nSPS) is 10.5. The molecule has 28 heavy (non-hydrogen) atoms. The van der Waals surface area contributed by atoms with E-state index in [9.17, 15) is 4.79 Å². The molecule has 1 heterocycles. The minimum Gasteiger partial charge on any atom is -0.366 e. The van der Waals surface area contributed by atoms with Crippen molar-refractivity contribution in [2.75, 3.05) is 18.4 Å². The molecule has 0 saturated carbocycles. The summed E-state index contributed by atoms with van der Waals surface area (Å²) in [6, 6.07) is 19.8. The molecular formula is C23H26N4O. The minimum absolute atomic E-state index is 0.0804. The average Bonchev–Trinajstić information content (AvgIpc) is 2.73. The summed E-state index contributed by atoms with van der Waals surface area (Å²) in [4.78, 5) is 23.8. The number of amides is 1. The van der Waals surface area contributed by atoms with E-state index in [1.54, 1.807) is 11.0 Å². The van der Waals surface area contributed by atoms with Crippen LogP contribution in [-0.4, -0.2) is 33.9 Å². The van der Waals surface area contributed by atoms with E-state index in [0.717, 1.165) is 11.1 Å². The fourth-order valence-corrected chi connectivity index (χ4v) is 3.05. The Morgan fingerprint density at radius 1 is 0.964 bits per heavy atom. The summed E-state index contributed by atoms with van der Waals surface area (Å²) in [5.41, 5.74) is 3.67. The molecule has 1 N–H and O–H groups in total. The molecule has 3 rings (SSSR count). The van der Waals surface area contributed by atoms with Crippen molar-refractivity contribution in [3.05, 3.63) is 77.5 Å². The summed E-state index contributed by atoms with van der Waals surface area (Å²) in [6.07, 6.45) is 0. The third-order valence-corrected chi connectivity index (χ3v) is 4.58. The van der Waals surface area contributed by atoms with Gasteiger partial charge < -0.3 is 10.2 Å². The maximum atomic E-state index is 12.9. The number of aryl methyl sites for hydroxylation is 1. The first-order valence-corrected chi connectivity index (χ1v) is 9.64. The Balaban J connectivity index is 1.94.